The second kappa shape index (κ2) is 12.1. The SMILES string of the molecule is CCCN1C(=O)N[C@H](c2cccc(NC(=O)Nc3ccc(Cl)c(Cl)c3)c2)C(C(=O)OCC(C)C)=C1C. The van der Waals surface area contributed by atoms with Gasteiger partial charge < -0.3 is 20.7 Å². The first-order valence-corrected chi connectivity index (χ1v) is 12.4. The van der Waals surface area contributed by atoms with Crippen molar-refractivity contribution in [2.45, 2.75) is 40.2 Å². The van der Waals surface area contributed by atoms with Gasteiger partial charge in [0.25, 0.3) is 0 Å². The Morgan fingerprint density at radius 3 is 2.42 bits per heavy atom. The van der Waals surface area contributed by atoms with Crippen LogP contribution < -0.4 is 16.0 Å². The number of carbonyl (C=O) groups is 3. The number of ether oxygens (including phenoxy) is 1. The minimum atomic E-state index is -0.731. The summed E-state index contributed by atoms with van der Waals surface area (Å²) in [4.78, 5) is 40.1. The number of rotatable bonds is 8. The highest BCUT2D eigenvalue weighted by molar-refractivity contribution is 6.42. The zero-order chi connectivity index (χ0) is 26.4. The maximum atomic E-state index is 13.1. The molecule has 3 N–H and O–H groups in total. The standard InChI is InChI=1S/C26H30Cl2N4O4/c1-5-11-32-16(4)22(24(33)36-14-15(2)3)23(31-26(32)35)17-7-6-8-18(12-17)29-25(34)30-19-9-10-20(27)21(28)13-19/h6-10,12-13,15,23H,5,11,14H2,1-4H3,(H,31,35)(H2,29,30,34)/t23-/m1/s1. The molecular weight excluding hydrogens is 503 g/mol. The van der Waals surface area contributed by atoms with Crippen LogP contribution in [0, 0.1) is 5.92 Å². The van der Waals surface area contributed by atoms with Crippen LogP contribution in [0.2, 0.25) is 10.0 Å². The normalized spacial score (nSPS) is 15.6. The molecule has 0 spiro atoms. The number of esters is 1. The van der Waals surface area contributed by atoms with Crippen LogP contribution in [0.5, 0.6) is 0 Å². The van der Waals surface area contributed by atoms with E-state index in [2.05, 4.69) is 16.0 Å². The van der Waals surface area contributed by atoms with Crippen LogP contribution >= 0.6 is 23.2 Å². The first kappa shape index (κ1) is 27.4. The van der Waals surface area contributed by atoms with E-state index in [0.29, 0.717) is 44.8 Å². The van der Waals surface area contributed by atoms with Gasteiger partial charge in [-0.15, -0.1) is 0 Å². The van der Waals surface area contributed by atoms with Gasteiger partial charge in [-0.3, -0.25) is 4.90 Å². The summed E-state index contributed by atoms with van der Waals surface area (Å²) < 4.78 is 5.53. The molecule has 3 rings (SSSR count). The average Bonchev–Trinajstić information content (AvgIpc) is 2.82. The molecule has 0 saturated carbocycles. The smallest absolute Gasteiger partial charge is 0.338 e. The summed E-state index contributed by atoms with van der Waals surface area (Å²) >= 11 is 11.9. The van der Waals surface area contributed by atoms with Crippen molar-refractivity contribution < 1.29 is 19.1 Å². The average molecular weight is 533 g/mol. The van der Waals surface area contributed by atoms with Crippen molar-refractivity contribution in [1.82, 2.24) is 10.2 Å². The highest BCUT2D eigenvalue weighted by Gasteiger charge is 2.36. The molecule has 4 amide bonds. The molecule has 0 bridgehead atoms. The minimum absolute atomic E-state index is 0.166. The fraction of sp³-hybridized carbons (Fsp3) is 0.346. The van der Waals surface area contributed by atoms with Crippen LogP contribution in [-0.4, -0.2) is 36.1 Å². The number of anilines is 2. The van der Waals surface area contributed by atoms with Gasteiger partial charge in [-0.05, 0) is 55.2 Å². The lowest BCUT2D eigenvalue weighted by Gasteiger charge is -2.35. The van der Waals surface area contributed by atoms with Gasteiger partial charge >= 0.3 is 18.0 Å². The number of nitrogens with zero attached hydrogens (tertiary/aromatic N) is 1. The van der Waals surface area contributed by atoms with Crippen LogP contribution in [0.3, 0.4) is 0 Å². The monoisotopic (exact) mass is 532 g/mol. The molecule has 1 heterocycles. The van der Waals surface area contributed by atoms with Gasteiger partial charge in [-0.25, -0.2) is 14.4 Å². The lowest BCUT2D eigenvalue weighted by Crippen LogP contribution is -2.48. The Morgan fingerprint density at radius 1 is 1.08 bits per heavy atom. The molecular formula is C26H30Cl2N4O4. The molecule has 0 radical (unpaired) electrons. The third-order valence-electron chi connectivity index (χ3n) is 5.47. The number of urea groups is 2. The van der Waals surface area contributed by atoms with Gasteiger partial charge in [-0.1, -0.05) is 56.1 Å². The number of halogens is 2. The molecule has 2 aromatic rings. The van der Waals surface area contributed by atoms with Gasteiger partial charge in [0.05, 0.1) is 28.3 Å². The zero-order valence-electron chi connectivity index (χ0n) is 20.7. The Balaban J connectivity index is 1.86. The highest BCUT2D eigenvalue weighted by atomic mass is 35.5. The Labute approximate surface area is 221 Å². The summed E-state index contributed by atoms with van der Waals surface area (Å²) in [6.07, 6.45) is 0.733. The van der Waals surface area contributed by atoms with Crippen molar-refractivity contribution in [3.63, 3.8) is 0 Å². The molecule has 0 saturated heterocycles. The Morgan fingerprint density at radius 2 is 1.78 bits per heavy atom. The van der Waals surface area contributed by atoms with Crippen molar-refractivity contribution in [3.05, 3.63) is 69.3 Å². The lowest BCUT2D eigenvalue weighted by molar-refractivity contribution is -0.140. The summed E-state index contributed by atoms with van der Waals surface area (Å²) in [5, 5.41) is 9.08. The Bertz CT molecular complexity index is 1180. The van der Waals surface area contributed by atoms with E-state index in [1.807, 2.05) is 20.8 Å². The molecule has 1 atom stereocenters. The minimum Gasteiger partial charge on any atom is -0.462 e. The van der Waals surface area contributed by atoms with Gasteiger partial charge in [0.1, 0.15) is 0 Å². The predicted octanol–water partition coefficient (Wildman–Crippen LogP) is 6.59. The summed E-state index contributed by atoms with van der Waals surface area (Å²) in [5.74, 6) is -0.317. The van der Waals surface area contributed by atoms with Crippen molar-refractivity contribution in [1.29, 1.82) is 0 Å². The number of hydrogen-bond acceptors (Lipinski definition) is 4. The number of benzene rings is 2. The molecule has 10 heteroatoms. The fourth-order valence-electron chi connectivity index (χ4n) is 3.77. The Kier molecular flexibility index (Phi) is 9.23. The lowest BCUT2D eigenvalue weighted by atomic mass is 9.94. The molecule has 192 valence electrons. The van der Waals surface area contributed by atoms with E-state index < -0.39 is 18.0 Å². The van der Waals surface area contributed by atoms with Crippen molar-refractivity contribution in [2.75, 3.05) is 23.8 Å². The molecule has 0 aromatic heterocycles. The maximum Gasteiger partial charge on any atom is 0.338 e. The molecule has 0 fully saturated rings. The van der Waals surface area contributed by atoms with E-state index in [0.717, 1.165) is 6.42 Å². The molecule has 0 aliphatic carbocycles. The number of hydrogen-bond donors (Lipinski definition) is 3. The first-order valence-electron chi connectivity index (χ1n) is 11.7. The van der Waals surface area contributed by atoms with E-state index in [1.165, 1.54) is 0 Å². The van der Waals surface area contributed by atoms with Crippen LogP contribution in [0.4, 0.5) is 21.0 Å². The van der Waals surface area contributed by atoms with E-state index in [-0.39, 0.29) is 18.6 Å². The van der Waals surface area contributed by atoms with Crippen molar-refractivity contribution in [3.8, 4) is 0 Å². The Hall–Kier alpha value is -3.23. The van der Waals surface area contributed by atoms with Crippen LogP contribution in [0.15, 0.2) is 53.7 Å². The van der Waals surface area contributed by atoms with Gasteiger partial charge in [0.2, 0.25) is 0 Å². The van der Waals surface area contributed by atoms with E-state index in [1.54, 1.807) is 54.3 Å². The molecule has 2 aromatic carbocycles. The third kappa shape index (κ3) is 6.71. The number of allylic oxidation sites excluding steroid dienone is 1. The van der Waals surface area contributed by atoms with Crippen LogP contribution in [0.25, 0.3) is 0 Å². The topological polar surface area (TPSA) is 99.8 Å². The van der Waals surface area contributed by atoms with Crippen molar-refractivity contribution in [2.24, 2.45) is 5.92 Å². The number of amides is 4. The van der Waals surface area contributed by atoms with E-state index in [9.17, 15) is 14.4 Å². The molecule has 1 aliphatic rings. The second-order valence-electron chi connectivity index (χ2n) is 8.86. The number of nitrogens with one attached hydrogen (secondary N) is 3. The molecule has 8 nitrogen and oxygen atoms in total. The second-order valence-corrected chi connectivity index (χ2v) is 9.67. The molecule has 1 aliphatic heterocycles. The largest absolute Gasteiger partial charge is 0.462 e. The van der Waals surface area contributed by atoms with Gasteiger partial charge in [0.15, 0.2) is 0 Å². The summed E-state index contributed by atoms with van der Waals surface area (Å²) in [6, 6.07) is 10.2. The van der Waals surface area contributed by atoms with E-state index in [4.69, 9.17) is 27.9 Å². The summed E-state index contributed by atoms with van der Waals surface area (Å²) in [6.45, 7) is 8.36. The van der Waals surface area contributed by atoms with E-state index >= 15 is 0 Å². The quantitative estimate of drug-likeness (QED) is 0.334. The van der Waals surface area contributed by atoms with Crippen LogP contribution in [0.1, 0.15) is 45.7 Å². The number of carbonyl (C=O) groups excluding carboxylic acids is 3. The molecule has 36 heavy (non-hydrogen) atoms. The molecule has 0 unspecified atom stereocenters. The zero-order valence-corrected chi connectivity index (χ0v) is 22.2. The van der Waals surface area contributed by atoms with Gasteiger partial charge in [0, 0.05) is 23.6 Å². The van der Waals surface area contributed by atoms with Crippen LogP contribution in [-0.2, 0) is 9.53 Å². The summed E-state index contributed by atoms with van der Waals surface area (Å²) in [5.41, 5.74) is 2.49. The summed E-state index contributed by atoms with van der Waals surface area (Å²) in [7, 11) is 0. The predicted molar refractivity (Wildman–Crippen MR) is 142 cm³/mol. The highest BCUT2D eigenvalue weighted by Crippen LogP contribution is 2.33. The fourth-order valence-corrected chi connectivity index (χ4v) is 4.07. The maximum absolute atomic E-state index is 13.1. The van der Waals surface area contributed by atoms with Crippen molar-refractivity contribution >= 4 is 52.6 Å². The first-order chi connectivity index (χ1) is 17.1. The van der Waals surface area contributed by atoms with Gasteiger partial charge in [-0.2, -0.15) is 0 Å². The third-order valence-corrected chi connectivity index (χ3v) is 6.21.